The Morgan fingerprint density at radius 2 is 1.59 bits per heavy atom. The fraction of sp³-hybridized carbons (Fsp3) is 0.318. The van der Waals surface area contributed by atoms with Crippen molar-refractivity contribution in [2.75, 3.05) is 13.1 Å². The predicted molar refractivity (Wildman–Crippen MR) is 107 cm³/mol. The maximum Gasteiger partial charge on any atom is 0.185 e. The average Bonchev–Trinajstić information content (AvgIpc) is 3.13. The molecule has 4 aromatic rings. The molecule has 1 aliphatic heterocycles. The lowest BCUT2D eigenvalue weighted by Crippen LogP contribution is -2.33. The molecular formula is C22H23N5. The summed E-state index contributed by atoms with van der Waals surface area (Å²) >= 11 is 0. The van der Waals surface area contributed by atoms with Crippen LogP contribution >= 0.6 is 0 Å². The van der Waals surface area contributed by atoms with Gasteiger partial charge < -0.3 is 0 Å². The molecular weight excluding hydrogens is 334 g/mol. The Bertz CT molecular complexity index is 1080. The number of benzene rings is 2. The van der Waals surface area contributed by atoms with Gasteiger partial charge in [0.1, 0.15) is 0 Å². The van der Waals surface area contributed by atoms with Crippen molar-refractivity contribution in [2.45, 2.75) is 26.3 Å². The first-order valence-electron chi connectivity index (χ1n) is 9.70. The lowest BCUT2D eigenvalue weighted by atomic mass is 9.99. The molecule has 3 heterocycles. The zero-order chi connectivity index (χ0) is 18.2. The van der Waals surface area contributed by atoms with Crippen LogP contribution in [0.25, 0.3) is 27.7 Å². The van der Waals surface area contributed by atoms with Crippen LogP contribution < -0.4 is 0 Å². The van der Waals surface area contributed by atoms with Crippen molar-refractivity contribution in [1.82, 2.24) is 24.7 Å². The number of hydrogen-bond donors (Lipinski definition) is 0. The fourth-order valence-corrected chi connectivity index (χ4v) is 3.95. The standard InChI is InChI=1S/C22H23N5/c1-16-11-13-26(14-12-16)15-20-23-24-22-19-10-6-5-9-18(19)21(25-27(20)22)17-7-3-2-4-8-17/h2-10,16H,11-15H2,1H3. The van der Waals surface area contributed by atoms with E-state index in [0.29, 0.717) is 0 Å². The van der Waals surface area contributed by atoms with E-state index in [1.54, 1.807) is 0 Å². The van der Waals surface area contributed by atoms with E-state index >= 15 is 0 Å². The molecule has 0 saturated carbocycles. The molecule has 2 aromatic heterocycles. The Labute approximate surface area is 158 Å². The first kappa shape index (κ1) is 16.4. The number of fused-ring (bicyclic) bond motifs is 3. The molecule has 5 nitrogen and oxygen atoms in total. The van der Waals surface area contributed by atoms with Crippen LogP contribution in [0.5, 0.6) is 0 Å². The van der Waals surface area contributed by atoms with Gasteiger partial charge in [0.15, 0.2) is 11.5 Å². The van der Waals surface area contributed by atoms with Crippen LogP contribution in [0.3, 0.4) is 0 Å². The van der Waals surface area contributed by atoms with Crippen LogP contribution in [0.4, 0.5) is 0 Å². The maximum absolute atomic E-state index is 4.98. The van der Waals surface area contributed by atoms with Crippen molar-refractivity contribution in [1.29, 1.82) is 0 Å². The van der Waals surface area contributed by atoms with Gasteiger partial charge in [0.25, 0.3) is 0 Å². The highest BCUT2D eigenvalue weighted by Crippen LogP contribution is 2.29. The molecule has 1 aliphatic rings. The molecule has 5 rings (SSSR count). The summed E-state index contributed by atoms with van der Waals surface area (Å²) in [5.41, 5.74) is 2.93. The Hall–Kier alpha value is -2.79. The summed E-state index contributed by atoms with van der Waals surface area (Å²) < 4.78 is 1.95. The number of aromatic nitrogens is 4. The fourth-order valence-electron chi connectivity index (χ4n) is 3.95. The summed E-state index contributed by atoms with van der Waals surface area (Å²) in [6.45, 7) is 5.38. The van der Waals surface area contributed by atoms with Gasteiger partial charge >= 0.3 is 0 Å². The Balaban J connectivity index is 1.64. The predicted octanol–water partition coefficient (Wildman–Crippen LogP) is 4.18. The molecule has 1 saturated heterocycles. The van der Waals surface area contributed by atoms with Crippen LogP contribution in [0.2, 0.25) is 0 Å². The molecule has 2 aromatic carbocycles. The molecule has 0 atom stereocenters. The van der Waals surface area contributed by atoms with E-state index in [0.717, 1.165) is 59.1 Å². The van der Waals surface area contributed by atoms with E-state index in [1.165, 1.54) is 12.8 Å². The van der Waals surface area contributed by atoms with Gasteiger partial charge in [-0.05, 0) is 31.8 Å². The Morgan fingerprint density at radius 1 is 0.889 bits per heavy atom. The van der Waals surface area contributed by atoms with E-state index in [4.69, 9.17) is 5.10 Å². The zero-order valence-corrected chi connectivity index (χ0v) is 15.5. The van der Waals surface area contributed by atoms with Crippen molar-refractivity contribution in [3.63, 3.8) is 0 Å². The lowest BCUT2D eigenvalue weighted by molar-refractivity contribution is 0.180. The number of rotatable bonds is 3. The molecule has 0 amide bonds. The van der Waals surface area contributed by atoms with Gasteiger partial charge in [0.2, 0.25) is 0 Å². The molecule has 0 aliphatic carbocycles. The zero-order valence-electron chi connectivity index (χ0n) is 15.5. The first-order chi connectivity index (χ1) is 13.3. The van der Waals surface area contributed by atoms with Gasteiger partial charge in [-0.15, -0.1) is 10.2 Å². The van der Waals surface area contributed by atoms with Gasteiger partial charge in [-0.2, -0.15) is 9.61 Å². The minimum absolute atomic E-state index is 0.799. The second-order valence-electron chi connectivity index (χ2n) is 7.57. The highest BCUT2D eigenvalue weighted by atomic mass is 15.4. The second kappa shape index (κ2) is 6.74. The summed E-state index contributed by atoms with van der Waals surface area (Å²) in [5.74, 6) is 1.74. The number of piperidine rings is 1. The van der Waals surface area contributed by atoms with Crippen LogP contribution in [0, 0.1) is 5.92 Å². The molecule has 0 N–H and O–H groups in total. The molecule has 1 fully saturated rings. The summed E-state index contributed by atoms with van der Waals surface area (Å²) in [6, 6.07) is 18.7. The topological polar surface area (TPSA) is 46.3 Å². The molecule has 136 valence electrons. The van der Waals surface area contributed by atoms with Crippen molar-refractivity contribution < 1.29 is 0 Å². The number of nitrogens with zero attached hydrogens (tertiary/aromatic N) is 5. The van der Waals surface area contributed by atoms with Crippen LogP contribution in [0.1, 0.15) is 25.6 Å². The van der Waals surface area contributed by atoms with Crippen LogP contribution in [-0.2, 0) is 6.54 Å². The minimum Gasteiger partial charge on any atom is -0.296 e. The molecule has 5 heteroatoms. The third-order valence-corrected chi connectivity index (χ3v) is 5.62. The summed E-state index contributed by atoms with van der Waals surface area (Å²) in [7, 11) is 0. The molecule has 0 radical (unpaired) electrons. The first-order valence-corrected chi connectivity index (χ1v) is 9.70. The quantitative estimate of drug-likeness (QED) is 0.552. The highest BCUT2D eigenvalue weighted by Gasteiger charge is 2.20. The normalized spacial score (nSPS) is 16.3. The van der Waals surface area contributed by atoms with E-state index in [-0.39, 0.29) is 0 Å². The molecule has 27 heavy (non-hydrogen) atoms. The molecule has 0 spiro atoms. The van der Waals surface area contributed by atoms with Crippen molar-refractivity contribution in [2.24, 2.45) is 5.92 Å². The lowest BCUT2D eigenvalue weighted by Gasteiger charge is -2.29. The number of hydrogen-bond acceptors (Lipinski definition) is 4. The Kier molecular flexibility index (Phi) is 4.09. The smallest absolute Gasteiger partial charge is 0.185 e. The monoisotopic (exact) mass is 357 g/mol. The second-order valence-corrected chi connectivity index (χ2v) is 7.57. The minimum atomic E-state index is 0.799. The van der Waals surface area contributed by atoms with E-state index in [9.17, 15) is 0 Å². The van der Waals surface area contributed by atoms with Crippen molar-refractivity contribution >= 4 is 16.4 Å². The van der Waals surface area contributed by atoms with Gasteiger partial charge in [-0.1, -0.05) is 61.5 Å². The summed E-state index contributed by atoms with van der Waals surface area (Å²) in [6.07, 6.45) is 2.50. The van der Waals surface area contributed by atoms with Crippen LogP contribution in [0.15, 0.2) is 54.6 Å². The number of likely N-dealkylation sites (tertiary alicyclic amines) is 1. The van der Waals surface area contributed by atoms with Gasteiger partial charge in [-0.25, -0.2) is 0 Å². The average molecular weight is 357 g/mol. The third-order valence-electron chi connectivity index (χ3n) is 5.62. The summed E-state index contributed by atoms with van der Waals surface area (Å²) in [4.78, 5) is 2.47. The third kappa shape index (κ3) is 2.98. The largest absolute Gasteiger partial charge is 0.296 e. The van der Waals surface area contributed by atoms with Gasteiger partial charge in [0.05, 0.1) is 12.2 Å². The van der Waals surface area contributed by atoms with E-state index < -0.39 is 0 Å². The van der Waals surface area contributed by atoms with Crippen LogP contribution in [-0.4, -0.2) is 37.8 Å². The Morgan fingerprint density at radius 3 is 2.37 bits per heavy atom. The SMILES string of the molecule is CC1CCN(Cc2nnc3c4ccccc4c(-c4ccccc4)nn23)CC1. The van der Waals surface area contributed by atoms with Gasteiger partial charge in [0, 0.05) is 16.3 Å². The molecule has 0 unspecified atom stereocenters. The van der Waals surface area contributed by atoms with E-state index in [2.05, 4.69) is 70.6 Å². The van der Waals surface area contributed by atoms with Gasteiger partial charge in [-0.3, -0.25) is 4.90 Å². The highest BCUT2D eigenvalue weighted by molar-refractivity contribution is 6.01. The maximum atomic E-state index is 4.98. The summed E-state index contributed by atoms with van der Waals surface area (Å²) in [5, 5.41) is 16.2. The van der Waals surface area contributed by atoms with Crippen molar-refractivity contribution in [3.05, 3.63) is 60.4 Å². The molecule has 0 bridgehead atoms. The van der Waals surface area contributed by atoms with Crippen molar-refractivity contribution in [3.8, 4) is 11.3 Å². The van der Waals surface area contributed by atoms with E-state index in [1.807, 2.05) is 10.6 Å².